The monoisotopic (exact) mass is 294 g/mol. The molecule has 1 aliphatic heterocycles. The Kier molecular flexibility index (Phi) is 6.74. The fraction of sp³-hybridized carbons (Fsp3) is 0.692. The van der Waals surface area contributed by atoms with Gasteiger partial charge in [-0.1, -0.05) is 11.6 Å². The molecule has 1 heterocycles. The Balaban J connectivity index is 0.00000361. The van der Waals surface area contributed by atoms with Crippen LogP contribution in [0.3, 0.4) is 0 Å². The molecule has 2 N–H and O–H groups in total. The van der Waals surface area contributed by atoms with Gasteiger partial charge in [0.25, 0.3) is 0 Å². The number of ether oxygens (including phenoxy) is 1. The SMILES string of the molecule is CC(C)=CCCC1(C)OC(=O)N(CC(=O)O)C1(C)O.[Na+]. The largest absolute Gasteiger partial charge is 1.00 e. The van der Waals surface area contributed by atoms with E-state index in [0.717, 1.165) is 10.5 Å². The normalized spacial score (nSPS) is 28.6. The minimum atomic E-state index is -1.64. The van der Waals surface area contributed by atoms with Crippen molar-refractivity contribution in [1.82, 2.24) is 4.90 Å². The first-order chi connectivity index (χ1) is 8.60. The zero-order valence-corrected chi connectivity index (χ0v) is 14.8. The predicted octanol–water partition coefficient (Wildman–Crippen LogP) is -1.26. The Morgan fingerprint density at radius 2 is 1.95 bits per heavy atom. The summed E-state index contributed by atoms with van der Waals surface area (Å²) in [6.45, 7) is 6.36. The van der Waals surface area contributed by atoms with Gasteiger partial charge in [-0.25, -0.2) is 4.79 Å². The second kappa shape index (κ2) is 6.93. The van der Waals surface area contributed by atoms with E-state index in [-0.39, 0.29) is 29.6 Å². The average molecular weight is 294 g/mol. The van der Waals surface area contributed by atoms with Crippen molar-refractivity contribution in [3.63, 3.8) is 0 Å². The zero-order valence-electron chi connectivity index (χ0n) is 12.8. The van der Waals surface area contributed by atoms with Crippen LogP contribution in [0.1, 0.15) is 40.5 Å². The van der Waals surface area contributed by atoms with E-state index in [1.807, 2.05) is 19.9 Å². The molecule has 7 heteroatoms. The van der Waals surface area contributed by atoms with Gasteiger partial charge in [-0.3, -0.25) is 9.69 Å². The number of nitrogens with zero attached hydrogens (tertiary/aromatic N) is 1. The number of carbonyl (C=O) groups is 2. The molecule has 0 bridgehead atoms. The van der Waals surface area contributed by atoms with Gasteiger partial charge in [-0.2, -0.15) is 0 Å². The number of hydrogen-bond acceptors (Lipinski definition) is 4. The summed E-state index contributed by atoms with van der Waals surface area (Å²) in [4.78, 5) is 23.3. The first-order valence-corrected chi connectivity index (χ1v) is 6.18. The van der Waals surface area contributed by atoms with Gasteiger partial charge in [0.15, 0.2) is 11.3 Å². The third-order valence-corrected chi connectivity index (χ3v) is 3.53. The van der Waals surface area contributed by atoms with Gasteiger partial charge in [0.1, 0.15) is 6.54 Å². The Morgan fingerprint density at radius 1 is 1.40 bits per heavy atom. The van der Waals surface area contributed by atoms with Crippen molar-refractivity contribution in [3.8, 4) is 0 Å². The van der Waals surface area contributed by atoms with E-state index in [0.29, 0.717) is 12.8 Å². The van der Waals surface area contributed by atoms with Crippen molar-refractivity contribution in [2.45, 2.75) is 51.9 Å². The van der Waals surface area contributed by atoms with Crippen LogP contribution in [0.15, 0.2) is 11.6 Å². The molecule has 1 rings (SSSR count). The Hall–Kier alpha value is -0.560. The molecule has 108 valence electrons. The number of carbonyl (C=O) groups excluding carboxylic acids is 1. The summed E-state index contributed by atoms with van der Waals surface area (Å²) in [5.74, 6) is -1.19. The van der Waals surface area contributed by atoms with Crippen LogP contribution in [-0.4, -0.2) is 45.0 Å². The van der Waals surface area contributed by atoms with E-state index in [2.05, 4.69) is 0 Å². The van der Waals surface area contributed by atoms with Gasteiger partial charge in [-0.15, -0.1) is 0 Å². The summed E-state index contributed by atoms with van der Waals surface area (Å²) in [5.41, 5.74) is -1.63. The molecule has 0 aromatic heterocycles. The predicted molar refractivity (Wildman–Crippen MR) is 68.5 cm³/mol. The van der Waals surface area contributed by atoms with Crippen LogP contribution < -0.4 is 29.6 Å². The van der Waals surface area contributed by atoms with Crippen molar-refractivity contribution < 1.29 is 54.1 Å². The average Bonchev–Trinajstić information content (AvgIpc) is 2.38. The number of hydrogen-bond donors (Lipinski definition) is 2. The molecule has 1 amide bonds. The minimum absolute atomic E-state index is 0. The second-order valence-corrected chi connectivity index (χ2v) is 5.42. The van der Waals surface area contributed by atoms with E-state index in [4.69, 9.17) is 9.84 Å². The fourth-order valence-corrected chi connectivity index (χ4v) is 2.09. The molecule has 20 heavy (non-hydrogen) atoms. The van der Waals surface area contributed by atoms with E-state index in [1.165, 1.54) is 6.92 Å². The topological polar surface area (TPSA) is 87.1 Å². The quantitative estimate of drug-likeness (QED) is 0.488. The number of aliphatic carboxylic acids is 1. The van der Waals surface area contributed by atoms with Crippen molar-refractivity contribution >= 4 is 12.1 Å². The van der Waals surface area contributed by atoms with Gasteiger partial charge in [-0.05, 0) is 40.5 Å². The molecule has 0 aromatic rings. The van der Waals surface area contributed by atoms with Gasteiger partial charge in [0, 0.05) is 0 Å². The van der Waals surface area contributed by atoms with E-state index in [9.17, 15) is 14.7 Å². The number of aliphatic hydroxyl groups is 1. The molecular formula is C13H21NNaO5+. The first kappa shape index (κ1) is 19.4. The minimum Gasteiger partial charge on any atom is -0.480 e. The zero-order chi connectivity index (χ0) is 14.8. The third kappa shape index (κ3) is 3.97. The van der Waals surface area contributed by atoms with Crippen molar-refractivity contribution in [2.24, 2.45) is 0 Å². The molecular weight excluding hydrogens is 273 g/mol. The Morgan fingerprint density at radius 3 is 2.40 bits per heavy atom. The van der Waals surface area contributed by atoms with Crippen molar-refractivity contribution in [3.05, 3.63) is 11.6 Å². The number of amides is 1. The van der Waals surface area contributed by atoms with Crippen molar-refractivity contribution in [2.75, 3.05) is 6.54 Å². The number of carboxylic acids is 1. The van der Waals surface area contributed by atoms with Gasteiger partial charge in [0.2, 0.25) is 0 Å². The molecule has 0 spiro atoms. The van der Waals surface area contributed by atoms with Gasteiger partial charge >= 0.3 is 41.6 Å². The standard InChI is InChI=1S/C13H21NO5.Na/c1-9(2)6-5-7-12(3)13(4,18)14(8-10(15)16)11(17)19-12;/h6,18H,5,7-8H2,1-4H3,(H,15,16);/q;+1. The van der Waals surface area contributed by atoms with E-state index >= 15 is 0 Å². The third-order valence-electron chi connectivity index (χ3n) is 3.53. The maximum Gasteiger partial charge on any atom is 1.00 e. The van der Waals surface area contributed by atoms with Crippen LogP contribution in [-0.2, 0) is 9.53 Å². The molecule has 2 atom stereocenters. The van der Waals surface area contributed by atoms with Crippen LogP contribution in [0.25, 0.3) is 0 Å². The summed E-state index contributed by atoms with van der Waals surface area (Å²) in [7, 11) is 0. The number of cyclic esters (lactones) is 1. The van der Waals surface area contributed by atoms with Crippen molar-refractivity contribution in [1.29, 1.82) is 0 Å². The first-order valence-electron chi connectivity index (χ1n) is 6.18. The van der Waals surface area contributed by atoms with Gasteiger partial charge in [0.05, 0.1) is 0 Å². The second-order valence-electron chi connectivity index (χ2n) is 5.42. The smallest absolute Gasteiger partial charge is 0.480 e. The van der Waals surface area contributed by atoms with E-state index < -0.39 is 29.9 Å². The number of rotatable bonds is 5. The fourth-order valence-electron chi connectivity index (χ4n) is 2.09. The molecule has 2 unspecified atom stereocenters. The Labute approximate surface area is 141 Å². The van der Waals surface area contributed by atoms with Gasteiger partial charge < -0.3 is 14.9 Å². The number of carboxylic acid groups (broad SMARTS) is 1. The van der Waals surface area contributed by atoms with Crippen LogP contribution in [0.2, 0.25) is 0 Å². The molecule has 1 fully saturated rings. The molecule has 0 aromatic carbocycles. The maximum absolute atomic E-state index is 11.7. The number of allylic oxidation sites excluding steroid dienone is 2. The van der Waals surface area contributed by atoms with E-state index in [1.54, 1.807) is 6.92 Å². The molecule has 0 radical (unpaired) electrons. The molecule has 0 aliphatic carbocycles. The maximum atomic E-state index is 11.7. The summed E-state index contributed by atoms with van der Waals surface area (Å²) < 4.78 is 5.20. The Bertz CT molecular complexity index is 417. The summed E-state index contributed by atoms with van der Waals surface area (Å²) in [6.07, 6.45) is 2.25. The summed E-state index contributed by atoms with van der Waals surface area (Å²) >= 11 is 0. The van der Waals surface area contributed by atoms with Crippen LogP contribution in [0.5, 0.6) is 0 Å². The van der Waals surface area contributed by atoms with Crippen LogP contribution in [0, 0.1) is 0 Å². The molecule has 6 nitrogen and oxygen atoms in total. The summed E-state index contributed by atoms with van der Waals surface area (Å²) in [6, 6.07) is 0. The summed E-state index contributed by atoms with van der Waals surface area (Å²) in [5, 5.41) is 19.2. The molecule has 0 saturated carbocycles. The van der Waals surface area contributed by atoms with Crippen LogP contribution >= 0.6 is 0 Å². The van der Waals surface area contributed by atoms with Crippen LogP contribution in [0.4, 0.5) is 4.79 Å². The molecule has 1 saturated heterocycles. The molecule has 1 aliphatic rings.